The molecule has 2 aromatic carbocycles. The van der Waals surface area contributed by atoms with Crippen LogP contribution in [-0.4, -0.2) is 46.2 Å². The van der Waals surface area contributed by atoms with Gasteiger partial charge in [-0.1, -0.05) is 11.6 Å². The third kappa shape index (κ3) is 3.72. The SMILES string of the molecule is CN(C)C(=O)c1c[nH]c2c(Cl)cc(N3CCCc4cc(-c5cnn(C)c5)c(C(F)F)cc43)cc12. The predicted molar refractivity (Wildman–Crippen MR) is 130 cm³/mol. The third-order valence-electron chi connectivity index (χ3n) is 6.29. The van der Waals surface area contributed by atoms with Crippen molar-refractivity contribution < 1.29 is 13.6 Å². The van der Waals surface area contributed by atoms with Crippen molar-refractivity contribution in [3.8, 4) is 11.1 Å². The van der Waals surface area contributed by atoms with E-state index in [0.29, 0.717) is 39.2 Å². The van der Waals surface area contributed by atoms with E-state index in [2.05, 4.69) is 10.1 Å². The van der Waals surface area contributed by atoms with Crippen LogP contribution in [0.25, 0.3) is 22.0 Å². The smallest absolute Gasteiger partial charge is 0.264 e. The predicted octanol–water partition coefficient (Wildman–Crippen LogP) is 5.95. The Morgan fingerprint density at radius 2 is 2.03 bits per heavy atom. The topological polar surface area (TPSA) is 57.2 Å². The molecule has 0 atom stereocenters. The van der Waals surface area contributed by atoms with E-state index in [1.165, 1.54) is 4.90 Å². The fourth-order valence-electron chi connectivity index (χ4n) is 4.66. The number of nitrogens with zero attached hydrogens (tertiary/aromatic N) is 4. The van der Waals surface area contributed by atoms with E-state index in [4.69, 9.17) is 11.6 Å². The van der Waals surface area contributed by atoms with Crippen LogP contribution in [0.15, 0.2) is 42.9 Å². The molecule has 0 bridgehead atoms. The van der Waals surface area contributed by atoms with Crippen LogP contribution in [0, 0.1) is 0 Å². The molecule has 5 rings (SSSR count). The highest BCUT2D eigenvalue weighted by Crippen LogP contribution is 2.42. The second kappa shape index (κ2) is 8.43. The molecule has 1 aliphatic rings. The van der Waals surface area contributed by atoms with Crippen LogP contribution in [0.1, 0.15) is 34.3 Å². The molecule has 2 aromatic heterocycles. The van der Waals surface area contributed by atoms with Gasteiger partial charge in [0, 0.05) is 68.0 Å². The zero-order valence-electron chi connectivity index (χ0n) is 19.1. The number of anilines is 2. The summed E-state index contributed by atoms with van der Waals surface area (Å²) in [5.41, 5.74) is 4.82. The van der Waals surface area contributed by atoms with Gasteiger partial charge < -0.3 is 14.8 Å². The van der Waals surface area contributed by atoms with E-state index in [0.717, 1.165) is 29.8 Å². The molecule has 4 aromatic rings. The average Bonchev–Trinajstić information content (AvgIpc) is 3.43. The Morgan fingerprint density at radius 3 is 2.71 bits per heavy atom. The zero-order valence-corrected chi connectivity index (χ0v) is 19.8. The largest absolute Gasteiger partial charge is 0.359 e. The molecule has 3 heterocycles. The minimum absolute atomic E-state index is 0.0315. The summed E-state index contributed by atoms with van der Waals surface area (Å²) in [6, 6.07) is 7.16. The number of amides is 1. The first-order valence-corrected chi connectivity index (χ1v) is 11.4. The second-order valence-electron chi connectivity index (χ2n) is 8.78. The number of nitrogens with one attached hydrogen (secondary N) is 1. The molecule has 0 spiro atoms. The summed E-state index contributed by atoms with van der Waals surface area (Å²) in [5, 5.41) is 5.32. The van der Waals surface area contributed by atoms with Crippen molar-refractivity contribution in [2.24, 2.45) is 7.05 Å². The maximum Gasteiger partial charge on any atom is 0.264 e. The zero-order chi connectivity index (χ0) is 24.1. The molecule has 6 nitrogen and oxygen atoms in total. The van der Waals surface area contributed by atoms with Crippen molar-refractivity contribution in [3.05, 3.63) is 64.6 Å². The summed E-state index contributed by atoms with van der Waals surface area (Å²) < 4.78 is 29.9. The van der Waals surface area contributed by atoms with E-state index >= 15 is 0 Å². The summed E-state index contributed by atoms with van der Waals surface area (Å²) in [4.78, 5) is 19.3. The first kappa shape index (κ1) is 22.4. The van der Waals surface area contributed by atoms with Crippen LogP contribution < -0.4 is 4.90 Å². The number of carbonyl (C=O) groups is 1. The van der Waals surface area contributed by atoms with Gasteiger partial charge in [0.1, 0.15) is 0 Å². The van der Waals surface area contributed by atoms with E-state index < -0.39 is 6.43 Å². The molecule has 1 aliphatic heterocycles. The Labute approximate surface area is 200 Å². The van der Waals surface area contributed by atoms with Crippen LogP contribution in [0.5, 0.6) is 0 Å². The van der Waals surface area contributed by atoms with Crippen molar-refractivity contribution in [1.29, 1.82) is 0 Å². The average molecular weight is 484 g/mol. The molecule has 0 unspecified atom stereocenters. The van der Waals surface area contributed by atoms with E-state index in [-0.39, 0.29) is 11.5 Å². The minimum atomic E-state index is -2.63. The first-order chi connectivity index (χ1) is 16.2. The molecule has 176 valence electrons. The van der Waals surface area contributed by atoms with Gasteiger partial charge in [0.15, 0.2) is 0 Å². The van der Waals surface area contributed by atoms with E-state index in [9.17, 15) is 13.6 Å². The Bertz CT molecular complexity index is 1410. The lowest BCUT2D eigenvalue weighted by molar-refractivity contribution is 0.0829. The molecular weight excluding hydrogens is 460 g/mol. The molecule has 0 aliphatic carbocycles. The number of fused-ring (bicyclic) bond motifs is 2. The Balaban J connectivity index is 1.65. The lowest BCUT2D eigenvalue weighted by atomic mass is 9.92. The van der Waals surface area contributed by atoms with Gasteiger partial charge in [-0.15, -0.1) is 0 Å². The number of alkyl halides is 2. The number of aromatic amines is 1. The number of halogens is 3. The highest BCUT2D eigenvalue weighted by atomic mass is 35.5. The van der Waals surface area contributed by atoms with Gasteiger partial charge in [-0.05, 0) is 48.2 Å². The third-order valence-corrected chi connectivity index (χ3v) is 6.59. The van der Waals surface area contributed by atoms with Crippen LogP contribution in [0.3, 0.4) is 0 Å². The number of benzene rings is 2. The molecule has 0 saturated carbocycles. The minimum Gasteiger partial charge on any atom is -0.359 e. The lowest BCUT2D eigenvalue weighted by Gasteiger charge is -2.33. The fourth-order valence-corrected chi connectivity index (χ4v) is 4.92. The number of rotatable bonds is 4. The Hall–Kier alpha value is -3.39. The van der Waals surface area contributed by atoms with Gasteiger partial charge in [0.05, 0.1) is 22.3 Å². The van der Waals surface area contributed by atoms with Crippen LogP contribution in [0.2, 0.25) is 5.02 Å². The molecular formula is C25H24ClF2N5O. The van der Waals surface area contributed by atoms with Crippen LogP contribution in [0.4, 0.5) is 20.2 Å². The van der Waals surface area contributed by atoms with Crippen molar-refractivity contribution in [2.75, 3.05) is 25.5 Å². The molecule has 1 N–H and O–H groups in total. The van der Waals surface area contributed by atoms with E-state index in [1.807, 2.05) is 23.1 Å². The number of H-pyrrole nitrogens is 1. The first-order valence-electron chi connectivity index (χ1n) is 11.0. The summed E-state index contributed by atoms with van der Waals surface area (Å²) >= 11 is 6.58. The van der Waals surface area contributed by atoms with Crippen LogP contribution in [-0.2, 0) is 13.5 Å². The summed E-state index contributed by atoms with van der Waals surface area (Å²) in [5.74, 6) is -0.139. The number of hydrogen-bond donors (Lipinski definition) is 1. The number of carbonyl (C=O) groups excluding carboxylic acids is 1. The van der Waals surface area contributed by atoms with Gasteiger partial charge >= 0.3 is 0 Å². The second-order valence-corrected chi connectivity index (χ2v) is 9.19. The molecule has 9 heteroatoms. The van der Waals surface area contributed by atoms with E-state index in [1.54, 1.807) is 50.5 Å². The van der Waals surface area contributed by atoms with Gasteiger partial charge in [0.25, 0.3) is 12.3 Å². The van der Waals surface area contributed by atoms with Gasteiger partial charge in [-0.2, -0.15) is 5.10 Å². The lowest BCUT2D eigenvalue weighted by Crippen LogP contribution is -2.25. The van der Waals surface area contributed by atoms with Crippen molar-refractivity contribution >= 4 is 39.8 Å². The molecule has 0 saturated heterocycles. The van der Waals surface area contributed by atoms with Gasteiger partial charge in [-0.25, -0.2) is 8.78 Å². The summed E-state index contributed by atoms with van der Waals surface area (Å²) in [6.07, 6.45) is 4.02. The monoisotopic (exact) mass is 483 g/mol. The number of aromatic nitrogens is 3. The normalized spacial score (nSPS) is 13.6. The number of hydrogen-bond acceptors (Lipinski definition) is 3. The highest BCUT2D eigenvalue weighted by molar-refractivity contribution is 6.36. The molecule has 1 amide bonds. The van der Waals surface area contributed by atoms with Crippen molar-refractivity contribution in [2.45, 2.75) is 19.3 Å². The van der Waals surface area contributed by atoms with Crippen molar-refractivity contribution in [3.63, 3.8) is 0 Å². The molecule has 34 heavy (non-hydrogen) atoms. The van der Waals surface area contributed by atoms with Crippen molar-refractivity contribution in [1.82, 2.24) is 19.7 Å². The molecule has 0 radical (unpaired) electrons. The summed E-state index contributed by atoms with van der Waals surface area (Å²) in [6.45, 7) is 0.658. The highest BCUT2D eigenvalue weighted by Gasteiger charge is 2.26. The maximum atomic E-state index is 14.2. The number of aryl methyl sites for hydroxylation is 2. The fraction of sp³-hybridized carbons (Fsp3) is 0.280. The Morgan fingerprint density at radius 1 is 1.24 bits per heavy atom. The Kier molecular flexibility index (Phi) is 5.56. The van der Waals surface area contributed by atoms with Gasteiger partial charge in [-0.3, -0.25) is 9.48 Å². The quantitative estimate of drug-likeness (QED) is 0.390. The summed E-state index contributed by atoms with van der Waals surface area (Å²) in [7, 11) is 5.15. The maximum absolute atomic E-state index is 14.2. The van der Waals surface area contributed by atoms with Gasteiger partial charge in [0.2, 0.25) is 0 Å². The van der Waals surface area contributed by atoms with Crippen LogP contribution >= 0.6 is 11.6 Å². The molecule has 0 fully saturated rings. The standard InChI is InChI=1S/C25H24ClF2N5O/c1-31(2)25(34)20-12-29-23-18(20)8-16(9-21(23)26)33-6-4-5-14-7-17(15-11-30-32(3)13-15)19(24(27)28)10-22(14)33/h7-13,24,29H,4-6H2,1-3H3.